The van der Waals surface area contributed by atoms with E-state index in [1.807, 2.05) is 6.26 Å². The molecule has 0 radical (unpaired) electrons. The minimum absolute atomic E-state index is 0.354. The fraction of sp³-hybridized carbons (Fsp3) is 0.833. The molecule has 1 rings (SSSR count). The highest BCUT2D eigenvalue weighted by atomic mass is 32.2. The number of hydrogen-bond acceptors (Lipinski definition) is 3. The first-order chi connectivity index (χ1) is 4.36. The number of aliphatic imine (C=N–C) groups is 1. The maximum atomic E-state index is 5.37. The summed E-state index contributed by atoms with van der Waals surface area (Å²) in [5, 5.41) is 0.849. The lowest BCUT2D eigenvalue weighted by atomic mass is 10.3. The van der Waals surface area contributed by atoms with Gasteiger partial charge in [-0.1, -0.05) is 18.7 Å². The largest absolute Gasteiger partial charge is 0.468 e. The van der Waals surface area contributed by atoms with Crippen molar-refractivity contribution >= 4 is 17.0 Å². The molecule has 0 aromatic rings. The maximum absolute atomic E-state index is 5.37. The molecule has 0 amide bonds. The average Bonchev–Trinajstić information content (AvgIpc) is 2.34. The number of thioether (sulfide) groups is 1. The third-order valence-corrected chi connectivity index (χ3v) is 1.90. The minimum atomic E-state index is 0.354. The third-order valence-electron chi connectivity index (χ3n) is 1.32. The zero-order valence-electron chi connectivity index (χ0n) is 5.76. The lowest BCUT2D eigenvalue weighted by molar-refractivity contribution is 0.226. The monoisotopic (exact) mass is 145 g/mol. The highest BCUT2D eigenvalue weighted by Gasteiger charge is 2.15. The van der Waals surface area contributed by atoms with Gasteiger partial charge in [0.05, 0.1) is 6.54 Å². The van der Waals surface area contributed by atoms with Gasteiger partial charge in [-0.2, -0.15) is 0 Å². The van der Waals surface area contributed by atoms with Gasteiger partial charge in [-0.3, -0.25) is 0 Å². The summed E-state index contributed by atoms with van der Waals surface area (Å²) in [6.07, 6.45) is 3.40. The fourth-order valence-corrected chi connectivity index (χ4v) is 1.15. The van der Waals surface area contributed by atoms with E-state index in [9.17, 15) is 0 Å². The summed E-state index contributed by atoms with van der Waals surface area (Å²) < 4.78 is 5.37. The molecule has 0 N–H and O–H groups in total. The van der Waals surface area contributed by atoms with E-state index < -0.39 is 0 Å². The maximum Gasteiger partial charge on any atom is 0.245 e. The molecule has 0 aromatic heterocycles. The van der Waals surface area contributed by atoms with Gasteiger partial charge >= 0.3 is 0 Å². The van der Waals surface area contributed by atoms with E-state index in [-0.39, 0.29) is 0 Å². The van der Waals surface area contributed by atoms with Crippen LogP contribution in [0.15, 0.2) is 4.99 Å². The number of hydrogen-bond donors (Lipinski definition) is 0. The Labute approximate surface area is 59.7 Å². The molecule has 0 aromatic carbocycles. The number of nitrogens with zero attached hydrogens (tertiary/aromatic N) is 1. The van der Waals surface area contributed by atoms with Gasteiger partial charge in [0.1, 0.15) is 6.10 Å². The first kappa shape index (κ1) is 6.93. The van der Waals surface area contributed by atoms with E-state index in [0.29, 0.717) is 6.10 Å². The molecule has 1 atom stereocenters. The van der Waals surface area contributed by atoms with Crippen molar-refractivity contribution in [2.24, 2.45) is 4.99 Å². The molecule has 0 fully saturated rings. The van der Waals surface area contributed by atoms with Crippen molar-refractivity contribution in [3.05, 3.63) is 0 Å². The predicted octanol–water partition coefficient (Wildman–Crippen LogP) is 1.51. The predicted molar refractivity (Wildman–Crippen MR) is 41.0 cm³/mol. The number of ether oxygens (including phenoxy) is 1. The lowest BCUT2D eigenvalue weighted by Gasteiger charge is -2.05. The van der Waals surface area contributed by atoms with Crippen molar-refractivity contribution in [1.82, 2.24) is 0 Å². The molecule has 9 heavy (non-hydrogen) atoms. The van der Waals surface area contributed by atoms with Crippen LogP contribution in [0.1, 0.15) is 13.3 Å². The molecular weight excluding hydrogens is 134 g/mol. The molecule has 0 saturated carbocycles. The molecule has 1 unspecified atom stereocenters. The molecule has 1 heterocycles. The molecule has 2 nitrogen and oxygen atoms in total. The molecule has 3 heteroatoms. The molecule has 52 valence electrons. The quantitative estimate of drug-likeness (QED) is 0.558. The normalized spacial score (nSPS) is 25.6. The van der Waals surface area contributed by atoms with Crippen LogP contribution >= 0.6 is 11.8 Å². The van der Waals surface area contributed by atoms with Crippen molar-refractivity contribution in [2.75, 3.05) is 12.8 Å². The Hall–Kier alpha value is -0.180. The van der Waals surface area contributed by atoms with E-state index >= 15 is 0 Å². The van der Waals surface area contributed by atoms with Crippen molar-refractivity contribution < 1.29 is 4.74 Å². The second-order valence-electron chi connectivity index (χ2n) is 1.96. The zero-order chi connectivity index (χ0) is 6.69. The van der Waals surface area contributed by atoms with Crippen molar-refractivity contribution in [3.63, 3.8) is 0 Å². The van der Waals surface area contributed by atoms with Gasteiger partial charge in [0.2, 0.25) is 5.23 Å². The topological polar surface area (TPSA) is 21.6 Å². The molecule has 0 spiro atoms. The van der Waals surface area contributed by atoms with Crippen molar-refractivity contribution in [3.8, 4) is 0 Å². The van der Waals surface area contributed by atoms with Gasteiger partial charge in [0.25, 0.3) is 0 Å². The van der Waals surface area contributed by atoms with Crippen molar-refractivity contribution in [2.45, 2.75) is 19.4 Å². The highest BCUT2D eigenvalue weighted by Crippen LogP contribution is 2.13. The summed E-state index contributed by atoms with van der Waals surface area (Å²) in [5.74, 6) is 0. The van der Waals surface area contributed by atoms with Crippen LogP contribution in [0.5, 0.6) is 0 Å². The van der Waals surface area contributed by atoms with Crippen molar-refractivity contribution in [1.29, 1.82) is 0 Å². The standard InChI is InChI=1S/C6H11NOS/c1-3-5-4-7-6(8-5)9-2/h5H,3-4H2,1-2H3. The Morgan fingerprint density at radius 3 is 3.00 bits per heavy atom. The highest BCUT2D eigenvalue weighted by molar-refractivity contribution is 8.12. The van der Waals surface area contributed by atoms with Crippen LogP contribution in [0.25, 0.3) is 0 Å². The summed E-state index contributed by atoms with van der Waals surface area (Å²) in [6.45, 7) is 2.97. The first-order valence-corrected chi connectivity index (χ1v) is 4.34. The summed E-state index contributed by atoms with van der Waals surface area (Å²) in [6, 6.07) is 0. The first-order valence-electron chi connectivity index (χ1n) is 3.12. The molecular formula is C6H11NOS. The van der Waals surface area contributed by atoms with Gasteiger partial charge in [-0.15, -0.1) is 0 Å². The van der Waals surface area contributed by atoms with Crippen LogP contribution in [0.2, 0.25) is 0 Å². The lowest BCUT2D eigenvalue weighted by Crippen LogP contribution is -2.09. The van der Waals surface area contributed by atoms with E-state index in [2.05, 4.69) is 11.9 Å². The Morgan fingerprint density at radius 1 is 1.89 bits per heavy atom. The van der Waals surface area contributed by atoms with Crippen LogP contribution < -0.4 is 0 Å². The van der Waals surface area contributed by atoms with Crippen LogP contribution in [0.3, 0.4) is 0 Å². The Balaban J connectivity index is 2.31. The van der Waals surface area contributed by atoms with E-state index in [1.165, 1.54) is 0 Å². The summed E-state index contributed by atoms with van der Waals surface area (Å²) in [5.41, 5.74) is 0. The van der Waals surface area contributed by atoms with Gasteiger partial charge in [0, 0.05) is 0 Å². The Bertz CT molecular complexity index is 124. The molecule has 1 aliphatic rings. The van der Waals surface area contributed by atoms with Crippen LogP contribution in [0, 0.1) is 0 Å². The molecule has 0 bridgehead atoms. The summed E-state index contributed by atoms with van der Waals surface area (Å²) in [7, 11) is 0. The van der Waals surface area contributed by atoms with E-state index in [1.54, 1.807) is 11.8 Å². The van der Waals surface area contributed by atoms with Gasteiger partial charge in [-0.05, 0) is 12.7 Å². The smallest absolute Gasteiger partial charge is 0.245 e. The molecule has 0 saturated heterocycles. The Kier molecular flexibility index (Phi) is 2.39. The van der Waals surface area contributed by atoms with Gasteiger partial charge in [-0.25, -0.2) is 4.99 Å². The fourth-order valence-electron chi connectivity index (χ4n) is 0.719. The summed E-state index contributed by atoms with van der Waals surface area (Å²) >= 11 is 1.58. The van der Waals surface area contributed by atoms with Gasteiger partial charge in [0.15, 0.2) is 0 Å². The van der Waals surface area contributed by atoms with E-state index in [0.717, 1.165) is 18.2 Å². The second-order valence-corrected chi connectivity index (χ2v) is 2.72. The molecule has 0 aliphatic carbocycles. The summed E-state index contributed by atoms with van der Waals surface area (Å²) in [4.78, 5) is 4.16. The second kappa shape index (κ2) is 3.11. The Morgan fingerprint density at radius 2 is 2.67 bits per heavy atom. The molecule has 1 aliphatic heterocycles. The average molecular weight is 145 g/mol. The number of rotatable bonds is 1. The van der Waals surface area contributed by atoms with E-state index in [4.69, 9.17) is 4.74 Å². The SMILES string of the molecule is CCC1CN=C(SC)O1. The van der Waals surface area contributed by atoms with Gasteiger partial charge < -0.3 is 4.74 Å². The third kappa shape index (κ3) is 1.61. The zero-order valence-corrected chi connectivity index (χ0v) is 6.57. The van der Waals surface area contributed by atoms with Crippen LogP contribution in [0.4, 0.5) is 0 Å². The van der Waals surface area contributed by atoms with Crippen LogP contribution in [-0.2, 0) is 4.74 Å². The van der Waals surface area contributed by atoms with Crippen LogP contribution in [-0.4, -0.2) is 24.1 Å². The minimum Gasteiger partial charge on any atom is -0.468 e.